The highest BCUT2D eigenvalue weighted by atomic mass is 33.1. The van der Waals surface area contributed by atoms with Crippen LogP contribution in [0.3, 0.4) is 0 Å². The summed E-state index contributed by atoms with van der Waals surface area (Å²) < 4.78 is 33.4. The molecule has 47 heteroatoms. The lowest BCUT2D eigenvalue weighted by Crippen LogP contribution is -2.62. The first-order valence-corrected chi connectivity index (χ1v) is 42.7. The van der Waals surface area contributed by atoms with E-state index in [0.29, 0.717) is 12.2 Å². The Kier molecular flexibility index (Phi) is 45.8. The molecule has 0 saturated carbocycles. The molecule has 1 aliphatic heterocycles. The van der Waals surface area contributed by atoms with E-state index >= 15 is 0 Å². The molecule has 1 aromatic carbocycles. The summed E-state index contributed by atoms with van der Waals surface area (Å²) in [6.07, 6.45) is -4.23. The Balaban J connectivity index is 2.54. The lowest BCUT2D eigenvalue weighted by atomic mass is 9.95. The van der Waals surface area contributed by atoms with Gasteiger partial charge in [0.05, 0.1) is 31.6 Å². The molecule has 0 aliphatic carbocycles. The second-order valence-electron chi connectivity index (χ2n) is 29.9. The van der Waals surface area contributed by atoms with Gasteiger partial charge >= 0.3 is 27.1 Å². The molecule has 1 aromatic rings. The molecule has 1 aliphatic rings. The molecule has 14 amide bonds. The van der Waals surface area contributed by atoms with Gasteiger partial charge in [0.15, 0.2) is 5.96 Å². The summed E-state index contributed by atoms with van der Waals surface area (Å²) in [6, 6.07) is -18.8. The van der Waals surface area contributed by atoms with E-state index in [9.17, 15) is 125 Å². The van der Waals surface area contributed by atoms with Crippen LogP contribution >= 0.6 is 22.6 Å². The Hall–Kier alpha value is -10.2. The van der Waals surface area contributed by atoms with Crippen molar-refractivity contribution < 1.29 is 125 Å². The lowest BCUT2D eigenvalue weighted by molar-refractivity contribution is -0.143. The van der Waals surface area contributed by atoms with Crippen molar-refractivity contribution in [2.24, 2.45) is 51.6 Å². The van der Waals surface area contributed by atoms with Gasteiger partial charge in [0, 0.05) is 31.7 Å². The molecule has 0 spiro atoms. The van der Waals surface area contributed by atoms with Crippen LogP contribution in [-0.2, 0) is 97.1 Å². The third-order valence-electron chi connectivity index (χ3n) is 18.4. The Labute approximate surface area is 696 Å². The van der Waals surface area contributed by atoms with Crippen molar-refractivity contribution in [3.63, 3.8) is 0 Å². The number of phenols is 1. The van der Waals surface area contributed by atoms with E-state index < -0.39 is 257 Å². The van der Waals surface area contributed by atoms with Crippen molar-refractivity contribution in [2.45, 2.75) is 243 Å². The number of thioether (sulfide) groups is 1. The Morgan fingerprint density at radius 2 is 0.983 bits per heavy atom. The number of carboxylic acid groups (broad SMARTS) is 3. The van der Waals surface area contributed by atoms with Crippen molar-refractivity contribution in [1.29, 1.82) is 0 Å². The molecule has 16 atom stereocenters. The summed E-state index contributed by atoms with van der Waals surface area (Å²) in [5.41, 5.74) is 22.4. The van der Waals surface area contributed by atoms with Gasteiger partial charge in [0.25, 0.3) is 0 Å². The third kappa shape index (κ3) is 39.0. The predicted molar refractivity (Wildman–Crippen MR) is 432 cm³/mol. The molecule has 1 heterocycles. The number of carbonyl (C=O) groups excluding carboxylic acids is 14. The van der Waals surface area contributed by atoms with Crippen molar-refractivity contribution in [3.05, 3.63) is 29.8 Å². The van der Waals surface area contributed by atoms with E-state index in [1.54, 1.807) is 61.6 Å². The molecular formula is C72H118N18O26S3. The van der Waals surface area contributed by atoms with E-state index in [0.717, 1.165) is 6.92 Å². The maximum absolute atomic E-state index is 14.7. The van der Waals surface area contributed by atoms with Gasteiger partial charge in [0.1, 0.15) is 84.3 Å². The van der Waals surface area contributed by atoms with E-state index in [-0.39, 0.29) is 104 Å². The number of aliphatic carboxylic acids is 3. The van der Waals surface area contributed by atoms with Crippen LogP contribution in [0, 0.1) is 23.7 Å². The number of nitrogens with two attached hydrogens (primary N) is 4. The average molecular weight is 1750 g/mol. The first-order valence-electron chi connectivity index (χ1n) is 38.4. The monoisotopic (exact) mass is 1750 g/mol. The maximum atomic E-state index is 14.7. The van der Waals surface area contributed by atoms with Gasteiger partial charge in [-0.15, -0.1) is 0 Å². The molecule has 1 saturated heterocycles. The normalized spacial score (nSPS) is 16.5. The van der Waals surface area contributed by atoms with Crippen LogP contribution in [0.2, 0.25) is 0 Å². The number of phenolic OH excluding ortho intramolecular Hbond substituents is 1. The predicted octanol–water partition coefficient (Wildman–Crippen LogP) is -5.73. The van der Waals surface area contributed by atoms with Crippen LogP contribution in [0.4, 0.5) is 0 Å². The first-order chi connectivity index (χ1) is 55.5. The molecule has 0 bridgehead atoms. The molecular weight excluding hydrogens is 1630 g/mol. The fraction of sp³-hybridized carbons (Fsp3) is 0.667. The zero-order chi connectivity index (χ0) is 90.5. The minimum absolute atomic E-state index is 0.00617. The van der Waals surface area contributed by atoms with Crippen LogP contribution in [0.25, 0.3) is 0 Å². The fourth-order valence-corrected chi connectivity index (χ4v) is 14.0. The van der Waals surface area contributed by atoms with Crippen LogP contribution in [0.5, 0.6) is 5.75 Å². The molecule has 44 nitrogen and oxygen atoms in total. The molecule has 1 fully saturated rings. The molecule has 0 unspecified atom stereocenters. The van der Waals surface area contributed by atoms with Gasteiger partial charge in [-0.05, 0) is 129 Å². The van der Waals surface area contributed by atoms with Crippen molar-refractivity contribution in [3.8, 4) is 5.75 Å². The van der Waals surface area contributed by atoms with Gasteiger partial charge in [0.2, 0.25) is 82.7 Å². The highest BCUT2D eigenvalue weighted by Gasteiger charge is 2.42. The number of hydrogen-bond donors (Lipinski definition) is 23. The molecule has 119 heavy (non-hydrogen) atoms. The highest BCUT2D eigenvalue weighted by Crippen LogP contribution is 2.22. The molecule has 0 radical (unpaired) electrons. The van der Waals surface area contributed by atoms with E-state index in [2.05, 4.69) is 68.8 Å². The fourth-order valence-electron chi connectivity index (χ4n) is 12.0. The van der Waals surface area contributed by atoms with Gasteiger partial charge in [-0.2, -0.15) is 20.2 Å². The molecule has 27 N–H and O–H groups in total. The number of aliphatic hydroxyl groups excluding tert-OH is 2. The zero-order valence-corrected chi connectivity index (χ0v) is 70.5. The van der Waals surface area contributed by atoms with E-state index in [1.807, 2.05) is 0 Å². The minimum atomic E-state index is -4.94. The van der Waals surface area contributed by atoms with E-state index in [1.165, 1.54) is 40.9 Å². The molecule has 2 rings (SSSR count). The number of benzene rings is 1. The summed E-state index contributed by atoms with van der Waals surface area (Å²) in [6.45, 7) is 13.1. The summed E-state index contributed by atoms with van der Waals surface area (Å²) in [7, 11) is -5.16. The van der Waals surface area contributed by atoms with Gasteiger partial charge in [-0.1, -0.05) is 73.9 Å². The first kappa shape index (κ1) is 105. The quantitative estimate of drug-likeness (QED) is 0.00950. The number of aliphatic imine (C=N–C) groups is 1. The van der Waals surface area contributed by atoms with Gasteiger partial charge < -0.3 is 122 Å². The van der Waals surface area contributed by atoms with Crippen molar-refractivity contribution in [1.82, 2.24) is 68.7 Å². The largest absolute Gasteiger partial charge is 0.508 e. The van der Waals surface area contributed by atoms with Crippen LogP contribution < -0.4 is 86.7 Å². The number of amides is 14. The highest BCUT2D eigenvalue weighted by molar-refractivity contribution is 8.69. The molecule has 670 valence electrons. The number of nitrogens with zero attached hydrogens (tertiary/aromatic N) is 2. The number of aliphatic hydroxyl groups is 2. The second kappa shape index (κ2) is 52.0. The number of carboxylic acids is 3. The number of rotatable bonds is 55. The standard InChI is InChI=1S/C72H118N18O26S3/c1-11-37(8)56(68(109)85-45(27-35(4)5)59(100)83-48(30-53(74)94)62(103)79-43(71(112)113)14-12-23-77-72(75)76)88-64(105)46(28-36(6)7)81-65(106)50(32-91)86-60(101)44(26-34(2)3)80-61(102)47(29-39-16-18-40(93)19-17-39)82-63(104)49(31-55(97)98)84-58(99)42(20-21-54(95)96)78-69(110)57(38(9)92)89-66(107)51(33-118-119(114,115)116)87-67(108)52-15-13-24-90(52)70(111)41(73)22-25-117-10/h16-19,34-38,41-52,56-57,91-93H,11-15,20-33,73H2,1-10H3,(H2,74,94)(H,78,110)(H,79,103)(H,80,102)(H,81,106)(H,82,104)(H,83,100)(H,84,99)(H,85,109)(H,86,101)(H,87,108)(H,88,105)(H,89,107)(H,95,96)(H,97,98)(H,112,113)(H4,75,76,77)(H,114,115,116)/t37-,38+,41-,42-,43-,44-,45-,46-,47-,48-,49-,50-,51-,52-,56-,57-/m0/s1. The summed E-state index contributed by atoms with van der Waals surface area (Å²) in [4.78, 5) is 238. The smallest absolute Gasteiger partial charge is 0.326 e. The van der Waals surface area contributed by atoms with Crippen LogP contribution in [-0.4, -0.2) is 283 Å². The number of aromatic hydroxyl groups is 1. The lowest BCUT2D eigenvalue weighted by Gasteiger charge is -2.30. The number of primary amides is 1. The molecule has 0 aromatic heterocycles. The van der Waals surface area contributed by atoms with E-state index in [4.69, 9.17) is 22.9 Å². The Bertz CT molecular complexity index is 3820. The second-order valence-corrected chi connectivity index (χ2v) is 34.3. The summed E-state index contributed by atoms with van der Waals surface area (Å²) in [5.74, 6) is -23.5. The average Bonchev–Trinajstić information content (AvgIpc) is 1.77. The topological polar surface area (TPSA) is 730 Å². The Morgan fingerprint density at radius 1 is 0.546 bits per heavy atom. The third-order valence-corrected chi connectivity index (χ3v) is 21.1. The zero-order valence-electron chi connectivity index (χ0n) is 68.0. The van der Waals surface area contributed by atoms with Crippen molar-refractivity contribution in [2.75, 3.05) is 37.5 Å². The Morgan fingerprint density at radius 3 is 1.45 bits per heavy atom. The summed E-state index contributed by atoms with van der Waals surface area (Å²) in [5, 5.41) is 89.5. The van der Waals surface area contributed by atoms with Crippen molar-refractivity contribution >= 4 is 138 Å². The van der Waals surface area contributed by atoms with Gasteiger partial charge in [-0.3, -0.25) is 86.3 Å². The minimum Gasteiger partial charge on any atom is -0.508 e. The SMILES string of the molecule is CC[C@H](C)[C@H](NC(=O)[C@H](CC(C)C)NC(=O)[C@H](CO)NC(=O)[C@H](CC(C)C)NC(=O)[C@H](Cc1ccc(O)cc1)NC(=O)[C@H](CC(=O)O)NC(=O)[C@H](CCC(=O)O)NC(=O)[C@@H](NC(=O)[C@H](CSS(=O)(=O)O)NC(=O)[C@@H]1CCCN1C(=O)[C@@H](N)CCSC)[C@@H](C)O)C(=O)N[C@@H](CC(C)C)C(=O)N[C@@H](CC(N)=O)C(=O)N[C@@H](CCCN=C(N)N)C(=O)O. The van der Waals surface area contributed by atoms with Crippen LogP contribution in [0.1, 0.15) is 151 Å². The van der Waals surface area contributed by atoms with Gasteiger partial charge in [-0.25, -0.2) is 4.79 Å². The number of likely N-dealkylation sites (tertiary alicyclic amines) is 1. The maximum Gasteiger partial charge on any atom is 0.326 e. The number of guanidine groups is 1. The van der Waals surface area contributed by atoms with Crippen LogP contribution in [0.15, 0.2) is 29.3 Å². The summed E-state index contributed by atoms with van der Waals surface area (Å²) >= 11 is 1.42. The number of carbonyl (C=O) groups is 17. The number of nitrogens with one attached hydrogen (secondary N) is 12. The number of hydrogen-bond acceptors (Lipinski definition) is 26.